The lowest BCUT2D eigenvalue weighted by atomic mass is 9.89. The lowest BCUT2D eigenvalue weighted by Crippen LogP contribution is -2.79. The number of piperazine rings is 1. The summed E-state index contributed by atoms with van der Waals surface area (Å²) in [4.78, 5) is 79.0. The first-order chi connectivity index (χ1) is 17.3. The first kappa shape index (κ1) is 26.4. The Morgan fingerprint density at radius 3 is 2.38 bits per heavy atom. The number of carbonyl (C=O) groups is 6. The Morgan fingerprint density at radius 2 is 1.78 bits per heavy atom. The van der Waals surface area contributed by atoms with E-state index in [1.165, 1.54) is 4.90 Å². The third-order valence-corrected chi connectivity index (χ3v) is 8.60. The Hall–Kier alpha value is -3.65. The molecule has 0 radical (unpaired) electrons. The van der Waals surface area contributed by atoms with E-state index < -0.39 is 63.5 Å². The summed E-state index contributed by atoms with van der Waals surface area (Å²) in [5.74, 6) is -4.57. The number of fused-ring (bicyclic) bond motifs is 1. The number of hydrogen-bond donors (Lipinski definition) is 4. The van der Waals surface area contributed by atoms with Gasteiger partial charge in [-0.15, -0.1) is 11.8 Å². The monoisotopic (exact) mass is 532 g/mol. The van der Waals surface area contributed by atoms with E-state index in [1.54, 1.807) is 51.1 Å². The van der Waals surface area contributed by atoms with E-state index in [-0.39, 0.29) is 13.1 Å². The minimum absolute atomic E-state index is 0.0367. The second-order valence-corrected chi connectivity index (χ2v) is 11.2. The zero-order chi connectivity index (χ0) is 27.3. The van der Waals surface area contributed by atoms with Crippen LogP contribution in [0.1, 0.15) is 32.4 Å². The van der Waals surface area contributed by atoms with Crippen LogP contribution in [0.15, 0.2) is 30.3 Å². The highest BCUT2D eigenvalue weighted by atomic mass is 32.2. The van der Waals surface area contributed by atoms with E-state index in [0.717, 1.165) is 21.6 Å². The largest absolute Gasteiger partial charge is 0.478 e. The third kappa shape index (κ3) is 4.09. The molecular formula is C23H28N6O7S. The van der Waals surface area contributed by atoms with Crippen LogP contribution >= 0.6 is 11.8 Å². The number of nitrogens with two attached hydrogens (primary N) is 1. The van der Waals surface area contributed by atoms with Gasteiger partial charge in [0.1, 0.15) is 17.5 Å². The molecule has 1 unspecified atom stereocenters. The van der Waals surface area contributed by atoms with Crippen molar-refractivity contribution in [1.82, 2.24) is 25.3 Å². The van der Waals surface area contributed by atoms with Crippen LogP contribution in [0, 0.1) is 0 Å². The van der Waals surface area contributed by atoms with Crippen molar-refractivity contribution in [2.24, 2.45) is 5.73 Å². The number of carboxylic acid groups (broad SMARTS) is 1. The molecule has 0 saturated carbocycles. The maximum absolute atomic E-state index is 13.4. The highest BCUT2D eigenvalue weighted by Gasteiger charge is 2.71. The predicted octanol–water partition coefficient (Wildman–Crippen LogP) is -0.954. The number of aliphatic carboxylic acids is 1. The van der Waals surface area contributed by atoms with Gasteiger partial charge in [-0.25, -0.2) is 9.59 Å². The van der Waals surface area contributed by atoms with Gasteiger partial charge in [0.05, 0.1) is 4.75 Å². The minimum atomic E-state index is -1.96. The molecule has 5 N–H and O–H groups in total. The fourth-order valence-electron chi connectivity index (χ4n) is 4.69. The molecule has 3 aliphatic rings. The average molecular weight is 533 g/mol. The number of nitrogens with one attached hydrogen (secondary N) is 2. The van der Waals surface area contributed by atoms with Gasteiger partial charge in [0.25, 0.3) is 5.91 Å². The number of benzene rings is 1. The molecule has 4 rings (SSSR count). The predicted molar refractivity (Wildman–Crippen MR) is 130 cm³/mol. The van der Waals surface area contributed by atoms with Crippen LogP contribution in [0.2, 0.25) is 0 Å². The van der Waals surface area contributed by atoms with Gasteiger partial charge in [-0.3, -0.25) is 34.7 Å². The van der Waals surface area contributed by atoms with E-state index in [9.17, 15) is 33.9 Å². The average Bonchev–Trinajstić information content (AvgIpc) is 3.06. The maximum Gasteiger partial charge on any atom is 0.346 e. The summed E-state index contributed by atoms with van der Waals surface area (Å²) in [6.07, 6.45) is 0. The van der Waals surface area contributed by atoms with E-state index in [1.807, 2.05) is 0 Å². The van der Waals surface area contributed by atoms with Gasteiger partial charge in [-0.05, 0) is 26.3 Å². The van der Waals surface area contributed by atoms with Crippen LogP contribution in [-0.4, -0.2) is 96.9 Å². The number of thioether (sulfide) groups is 1. The summed E-state index contributed by atoms with van der Waals surface area (Å²) in [6.45, 7) is 5.39. The Morgan fingerprint density at radius 1 is 1.14 bits per heavy atom. The van der Waals surface area contributed by atoms with Crippen molar-refractivity contribution in [3.63, 3.8) is 0 Å². The molecule has 0 spiro atoms. The lowest BCUT2D eigenvalue weighted by Gasteiger charge is -2.48. The molecule has 14 heteroatoms. The molecule has 0 aliphatic carbocycles. The number of rotatable bonds is 6. The summed E-state index contributed by atoms with van der Waals surface area (Å²) >= 11 is 1.16. The van der Waals surface area contributed by atoms with Crippen molar-refractivity contribution >= 4 is 47.4 Å². The molecule has 0 bridgehead atoms. The van der Waals surface area contributed by atoms with E-state index in [2.05, 4.69) is 10.6 Å². The first-order valence-electron chi connectivity index (χ1n) is 11.6. The summed E-state index contributed by atoms with van der Waals surface area (Å²) in [6, 6.07) is 4.89. The molecule has 1 aromatic rings. The quantitative estimate of drug-likeness (QED) is 0.265. The van der Waals surface area contributed by atoms with Crippen LogP contribution in [-0.2, 0) is 24.0 Å². The Labute approximate surface area is 216 Å². The summed E-state index contributed by atoms with van der Waals surface area (Å²) in [5, 5.41) is 14.1. The molecule has 0 aromatic heterocycles. The van der Waals surface area contributed by atoms with E-state index in [0.29, 0.717) is 12.1 Å². The number of amides is 6. The number of hydrogen-bond acceptors (Lipinski definition) is 8. The minimum Gasteiger partial charge on any atom is -0.478 e. The van der Waals surface area contributed by atoms with Gasteiger partial charge >= 0.3 is 23.8 Å². The highest BCUT2D eigenvalue weighted by molar-refractivity contribution is 8.01. The summed E-state index contributed by atoms with van der Waals surface area (Å²) in [7, 11) is 0. The molecule has 13 nitrogen and oxygen atoms in total. The smallest absolute Gasteiger partial charge is 0.346 e. The van der Waals surface area contributed by atoms with E-state index in [4.69, 9.17) is 5.73 Å². The van der Waals surface area contributed by atoms with Crippen molar-refractivity contribution in [1.29, 1.82) is 0 Å². The normalized spacial score (nSPS) is 27.4. The van der Waals surface area contributed by atoms with Crippen molar-refractivity contribution in [2.45, 2.75) is 48.6 Å². The first-order valence-corrected chi connectivity index (χ1v) is 12.5. The topological polar surface area (TPSA) is 182 Å². The van der Waals surface area contributed by atoms with E-state index >= 15 is 0 Å². The number of carboxylic acids is 1. The molecule has 37 heavy (non-hydrogen) atoms. The molecule has 3 fully saturated rings. The zero-order valence-corrected chi connectivity index (χ0v) is 21.3. The van der Waals surface area contributed by atoms with Crippen LogP contribution in [0.4, 0.5) is 4.79 Å². The van der Waals surface area contributed by atoms with Gasteiger partial charge in [0.2, 0.25) is 11.6 Å². The Bertz CT molecular complexity index is 1180. The number of β-lactam (4-membered cyclic amide) rings is 1. The molecule has 3 aliphatic heterocycles. The van der Waals surface area contributed by atoms with Gasteiger partial charge in [-0.1, -0.05) is 30.3 Å². The maximum atomic E-state index is 13.4. The molecule has 3 heterocycles. The molecule has 6 amide bonds. The number of carbonyl (C=O) groups excluding carboxylic acids is 5. The van der Waals surface area contributed by atoms with Crippen LogP contribution in [0.5, 0.6) is 0 Å². The zero-order valence-electron chi connectivity index (χ0n) is 20.5. The standard InChI is InChI=1S/C23H28N6O7S/c1-4-27-10-11-28(18(33)17(27)32)21(36)26-13(12-8-6-5-7-9-12)15(30)25-14-16(31)29-19(14)37-22(2,3)23(29,24)20(34)35/h5-9,13-14,19H,4,10-11,24H2,1-3H3,(H,25,30)(H,26,36)(H,34,35)/t13?,14-,19+,23-/m0/s1. The van der Waals surface area contributed by atoms with Crippen molar-refractivity contribution < 1.29 is 33.9 Å². The molecular weight excluding hydrogens is 504 g/mol. The third-order valence-electron chi connectivity index (χ3n) is 6.98. The second kappa shape index (κ2) is 9.34. The molecule has 4 atom stereocenters. The second-order valence-electron chi connectivity index (χ2n) is 9.42. The van der Waals surface area contributed by atoms with Crippen molar-refractivity contribution in [2.75, 3.05) is 19.6 Å². The summed E-state index contributed by atoms with van der Waals surface area (Å²) in [5.41, 5.74) is 4.56. The van der Waals surface area contributed by atoms with Gasteiger partial charge in [0.15, 0.2) is 0 Å². The van der Waals surface area contributed by atoms with Gasteiger partial charge < -0.3 is 20.6 Å². The number of nitrogens with zero attached hydrogens (tertiary/aromatic N) is 3. The fraction of sp³-hybridized carbons (Fsp3) is 0.478. The summed E-state index contributed by atoms with van der Waals surface area (Å²) < 4.78 is -1.04. The Kier molecular flexibility index (Phi) is 6.67. The molecule has 1 aromatic carbocycles. The highest BCUT2D eigenvalue weighted by Crippen LogP contribution is 2.54. The van der Waals surface area contributed by atoms with Crippen LogP contribution < -0.4 is 16.4 Å². The number of imide groups is 1. The number of urea groups is 1. The Balaban J connectivity index is 1.53. The fourth-order valence-corrected chi connectivity index (χ4v) is 6.35. The lowest BCUT2D eigenvalue weighted by molar-refractivity contribution is -0.171. The van der Waals surface area contributed by atoms with Crippen LogP contribution in [0.3, 0.4) is 0 Å². The van der Waals surface area contributed by atoms with Crippen molar-refractivity contribution in [3.05, 3.63) is 35.9 Å². The SMILES string of the molecule is CCN1CCN(C(=O)NC(C(=O)N[C@H]2C(=O)N3[C@@H]2SC(C)(C)[C@]3(N)C(=O)O)c2ccccc2)C(=O)C1=O. The van der Waals surface area contributed by atoms with Crippen LogP contribution in [0.25, 0.3) is 0 Å². The molecule has 3 saturated heterocycles. The number of likely N-dealkylation sites (N-methyl/N-ethyl adjacent to an activating group) is 1. The van der Waals surface area contributed by atoms with Gasteiger partial charge in [-0.2, -0.15) is 0 Å². The molecule has 198 valence electrons. The van der Waals surface area contributed by atoms with Gasteiger partial charge in [0, 0.05) is 19.6 Å². The van der Waals surface area contributed by atoms with Crippen molar-refractivity contribution in [3.8, 4) is 0 Å².